The van der Waals surface area contributed by atoms with Crippen molar-refractivity contribution in [2.75, 3.05) is 20.2 Å². The number of aromatic nitrogens is 1. The van der Waals surface area contributed by atoms with Crippen molar-refractivity contribution in [3.05, 3.63) is 29.6 Å². The number of aryl methyl sites for hydroxylation is 1. The molecule has 20 heavy (non-hydrogen) atoms. The molecule has 2 heterocycles. The highest BCUT2D eigenvalue weighted by Gasteiger charge is 2.15. The number of aliphatic imine (C=N–C) groups is 1. The second kappa shape index (κ2) is 9.12. The Morgan fingerprint density at radius 3 is 2.95 bits per heavy atom. The number of halogens is 1. The Kier molecular flexibility index (Phi) is 7.83. The molecule has 0 saturated carbocycles. The van der Waals surface area contributed by atoms with Crippen molar-refractivity contribution in [2.45, 2.75) is 32.4 Å². The Labute approximate surface area is 137 Å². The summed E-state index contributed by atoms with van der Waals surface area (Å²) in [4.78, 5) is 8.64. The molecule has 112 valence electrons. The summed E-state index contributed by atoms with van der Waals surface area (Å²) in [5.74, 6) is 0.791. The summed E-state index contributed by atoms with van der Waals surface area (Å²) in [7, 11) is 1.77. The lowest BCUT2D eigenvalue weighted by Crippen LogP contribution is -2.40. The first-order chi connectivity index (χ1) is 9.28. The molecular formula is C14H23IN4O. The van der Waals surface area contributed by atoms with Crippen LogP contribution in [0.25, 0.3) is 0 Å². The SMILES string of the molecule is CN=C(NCc1cccc(C)n1)NCC1CCCO1.I. The maximum Gasteiger partial charge on any atom is 0.191 e. The summed E-state index contributed by atoms with van der Waals surface area (Å²) < 4.78 is 5.57. The first kappa shape index (κ1) is 17.2. The summed E-state index contributed by atoms with van der Waals surface area (Å²) in [6.07, 6.45) is 2.60. The topological polar surface area (TPSA) is 58.5 Å². The Morgan fingerprint density at radius 1 is 1.45 bits per heavy atom. The molecule has 1 aliphatic rings. The summed E-state index contributed by atoms with van der Waals surface area (Å²) in [5, 5.41) is 6.54. The molecule has 5 nitrogen and oxygen atoms in total. The van der Waals surface area contributed by atoms with E-state index in [1.54, 1.807) is 7.05 Å². The minimum atomic E-state index is 0. The third kappa shape index (κ3) is 5.62. The molecule has 1 aromatic rings. The van der Waals surface area contributed by atoms with Crippen LogP contribution in [-0.2, 0) is 11.3 Å². The van der Waals surface area contributed by atoms with Crippen molar-refractivity contribution in [1.29, 1.82) is 0 Å². The fraction of sp³-hybridized carbons (Fsp3) is 0.571. The van der Waals surface area contributed by atoms with E-state index in [0.29, 0.717) is 12.6 Å². The largest absolute Gasteiger partial charge is 0.376 e. The molecule has 2 N–H and O–H groups in total. The monoisotopic (exact) mass is 390 g/mol. The number of guanidine groups is 1. The minimum Gasteiger partial charge on any atom is -0.376 e. The van der Waals surface area contributed by atoms with Crippen molar-refractivity contribution >= 4 is 29.9 Å². The molecule has 0 radical (unpaired) electrons. The van der Waals surface area contributed by atoms with Gasteiger partial charge in [0.15, 0.2) is 5.96 Å². The molecule has 0 spiro atoms. The lowest BCUT2D eigenvalue weighted by Gasteiger charge is -2.14. The molecule has 1 fully saturated rings. The summed E-state index contributed by atoms with van der Waals surface area (Å²) in [6, 6.07) is 6.02. The van der Waals surface area contributed by atoms with Crippen molar-refractivity contribution < 1.29 is 4.74 Å². The molecule has 1 aromatic heterocycles. The van der Waals surface area contributed by atoms with Gasteiger partial charge in [0.1, 0.15) is 0 Å². The molecule has 0 bridgehead atoms. The molecule has 0 amide bonds. The average molecular weight is 390 g/mol. The fourth-order valence-corrected chi connectivity index (χ4v) is 2.11. The third-order valence-electron chi connectivity index (χ3n) is 3.13. The van der Waals surface area contributed by atoms with Gasteiger partial charge in [-0.1, -0.05) is 6.07 Å². The van der Waals surface area contributed by atoms with Crippen molar-refractivity contribution in [1.82, 2.24) is 15.6 Å². The lowest BCUT2D eigenvalue weighted by atomic mass is 10.2. The summed E-state index contributed by atoms with van der Waals surface area (Å²) in [6.45, 7) is 4.35. The molecule has 6 heteroatoms. The molecule has 1 saturated heterocycles. The quantitative estimate of drug-likeness (QED) is 0.468. The molecular weight excluding hydrogens is 367 g/mol. The normalized spacial score (nSPS) is 18.5. The Balaban J connectivity index is 0.00000200. The highest BCUT2D eigenvalue weighted by molar-refractivity contribution is 14.0. The smallest absolute Gasteiger partial charge is 0.191 e. The van der Waals surface area contributed by atoms with Crippen molar-refractivity contribution in [2.24, 2.45) is 4.99 Å². The number of hydrogen-bond donors (Lipinski definition) is 2. The van der Waals surface area contributed by atoms with E-state index in [1.807, 2.05) is 25.1 Å². The van der Waals surface area contributed by atoms with Gasteiger partial charge >= 0.3 is 0 Å². The highest BCUT2D eigenvalue weighted by atomic mass is 127. The second-order valence-electron chi connectivity index (χ2n) is 4.71. The zero-order valence-corrected chi connectivity index (χ0v) is 14.4. The van der Waals surface area contributed by atoms with E-state index < -0.39 is 0 Å². The van der Waals surface area contributed by atoms with E-state index in [-0.39, 0.29) is 24.0 Å². The average Bonchev–Trinajstić information content (AvgIpc) is 2.92. The number of hydrogen-bond acceptors (Lipinski definition) is 3. The molecule has 1 aliphatic heterocycles. The predicted octanol–water partition coefficient (Wildman–Crippen LogP) is 1.85. The van der Waals surface area contributed by atoms with Crippen LogP contribution in [0.3, 0.4) is 0 Å². The minimum absolute atomic E-state index is 0. The zero-order chi connectivity index (χ0) is 13.5. The fourth-order valence-electron chi connectivity index (χ4n) is 2.11. The van der Waals surface area contributed by atoms with Crippen LogP contribution in [0.15, 0.2) is 23.2 Å². The van der Waals surface area contributed by atoms with Gasteiger partial charge in [0, 0.05) is 25.9 Å². The van der Waals surface area contributed by atoms with E-state index in [4.69, 9.17) is 4.74 Å². The Morgan fingerprint density at radius 2 is 2.30 bits per heavy atom. The van der Waals surface area contributed by atoms with Crippen LogP contribution in [-0.4, -0.2) is 37.2 Å². The zero-order valence-electron chi connectivity index (χ0n) is 12.1. The molecule has 2 rings (SSSR count). The lowest BCUT2D eigenvalue weighted by molar-refractivity contribution is 0.114. The molecule has 1 unspecified atom stereocenters. The number of nitrogens with one attached hydrogen (secondary N) is 2. The van der Waals surface area contributed by atoms with Gasteiger partial charge in [-0.2, -0.15) is 0 Å². The van der Waals surface area contributed by atoms with E-state index in [9.17, 15) is 0 Å². The Hall–Kier alpha value is -0.890. The van der Waals surface area contributed by atoms with Crippen LogP contribution >= 0.6 is 24.0 Å². The maximum absolute atomic E-state index is 5.57. The van der Waals surface area contributed by atoms with Gasteiger partial charge in [0.05, 0.1) is 18.3 Å². The van der Waals surface area contributed by atoms with Gasteiger partial charge < -0.3 is 15.4 Å². The molecule has 0 aromatic carbocycles. The van der Waals surface area contributed by atoms with E-state index in [0.717, 1.165) is 43.3 Å². The van der Waals surface area contributed by atoms with Crippen LogP contribution in [0, 0.1) is 6.92 Å². The van der Waals surface area contributed by atoms with Gasteiger partial charge in [-0.25, -0.2) is 0 Å². The van der Waals surface area contributed by atoms with Crippen LogP contribution in [0.1, 0.15) is 24.2 Å². The van der Waals surface area contributed by atoms with Gasteiger partial charge in [0.25, 0.3) is 0 Å². The van der Waals surface area contributed by atoms with E-state index >= 15 is 0 Å². The van der Waals surface area contributed by atoms with Crippen LogP contribution in [0.4, 0.5) is 0 Å². The van der Waals surface area contributed by atoms with Gasteiger partial charge in [-0.05, 0) is 31.9 Å². The Bertz CT molecular complexity index is 433. The third-order valence-corrected chi connectivity index (χ3v) is 3.13. The first-order valence-corrected chi connectivity index (χ1v) is 6.76. The standard InChI is InChI=1S/C14H22N4O.HI/c1-11-5-3-6-12(18-11)9-16-14(15-2)17-10-13-7-4-8-19-13;/h3,5-6,13H,4,7-10H2,1-2H3,(H2,15,16,17);1H. The number of rotatable bonds is 4. The van der Waals surface area contributed by atoms with Crippen LogP contribution in [0.2, 0.25) is 0 Å². The number of nitrogens with zero attached hydrogens (tertiary/aromatic N) is 2. The number of ether oxygens (including phenoxy) is 1. The highest BCUT2D eigenvalue weighted by Crippen LogP contribution is 2.10. The maximum atomic E-state index is 5.57. The summed E-state index contributed by atoms with van der Waals surface area (Å²) in [5.41, 5.74) is 2.04. The van der Waals surface area contributed by atoms with Gasteiger partial charge in [-0.3, -0.25) is 9.98 Å². The second-order valence-corrected chi connectivity index (χ2v) is 4.71. The van der Waals surface area contributed by atoms with Gasteiger partial charge in [-0.15, -0.1) is 24.0 Å². The number of pyridine rings is 1. The van der Waals surface area contributed by atoms with Crippen LogP contribution < -0.4 is 10.6 Å². The molecule has 0 aliphatic carbocycles. The summed E-state index contributed by atoms with van der Waals surface area (Å²) >= 11 is 0. The molecule has 1 atom stereocenters. The van der Waals surface area contributed by atoms with Crippen LogP contribution in [0.5, 0.6) is 0 Å². The van der Waals surface area contributed by atoms with E-state index in [2.05, 4.69) is 20.6 Å². The van der Waals surface area contributed by atoms with E-state index in [1.165, 1.54) is 0 Å². The van der Waals surface area contributed by atoms with Gasteiger partial charge in [0.2, 0.25) is 0 Å². The van der Waals surface area contributed by atoms with Crippen molar-refractivity contribution in [3.8, 4) is 0 Å². The van der Waals surface area contributed by atoms with Crippen molar-refractivity contribution in [3.63, 3.8) is 0 Å². The predicted molar refractivity (Wildman–Crippen MR) is 91.6 cm³/mol. The first-order valence-electron chi connectivity index (χ1n) is 6.76.